The largest absolute Gasteiger partial charge is 0.459 e. The quantitative estimate of drug-likeness (QED) is 0.207. The number of rotatable bonds is 12. The van der Waals surface area contributed by atoms with Gasteiger partial charge >= 0.3 is 6.61 Å². The molecule has 1 fully saturated rings. The van der Waals surface area contributed by atoms with Crippen molar-refractivity contribution in [3.05, 3.63) is 58.1 Å². The van der Waals surface area contributed by atoms with Gasteiger partial charge in [-0.05, 0) is 43.5 Å². The molecule has 12 nitrogen and oxygen atoms in total. The van der Waals surface area contributed by atoms with Crippen LogP contribution < -0.4 is 20.1 Å². The number of carbonyl (C=O) groups is 2. The molecule has 2 N–H and O–H groups in total. The second-order valence-electron chi connectivity index (χ2n) is 9.91. The first kappa shape index (κ1) is 31.2. The Balaban J connectivity index is 1.11. The molecule has 4 heterocycles. The molecular weight excluding hydrogens is 621 g/mol. The van der Waals surface area contributed by atoms with Gasteiger partial charge in [0, 0.05) is 30.1 Å². The minimum atomic E-state index is -2.95. The van der Waals surface area contributed by atoms with Crippen LogP contribution in [0.2, 0.25) is 0 Å². The topological polar surface area (TPSA) is 154 Å². The van der Waals surface area contributed by atoms with Gasteiger partial charge in [-0.1, -0.05) is 29.1 Å². The molecule has 0 saturated heterocycles. The lowest BCUT2D eigenvalue weighted by atomic mass is 9.82. The number of carbonyl (C=O) groups excluding carboxylic acids is 2. The molecule has 232 valence electrons. The van der Waals surface area contributed by atoms with Gasteiger partial charge in [0.15, 0.2) is 0 Å². The minimum Gasteiger partial charge on any atom is -0.459 e. The molecule has 4 aromatic heterocycles. The minimum absolute atomic E-state index is 0.0147. The van der Waals surface area contributed by atoms with Crippen molar-refractivity contribution in [3.8, 4) is 11.5 Å². The van der Waals surface area contributed by atoms with Crippen LogP contribution in [0.25, 0.3) is 0 Å². The number of nitrogens with zero attached hydrogens (tertiary/aromatic N) is 6. The molecule has 0 spiro atoms. The highest BCUT2D eigenvalue weighted by atomic mass is 32.1. The molecule has 0 bridgehead atoms. The molecule has 1 aliphatic rings. The van der Waals surface area contributed by atoms with E-state index >= 15 is 0 Å². The molecule has 3 atom stereocenters. The van der Waals surface area contributed by atoms with Crippen LogP contribution in [0.5, 0.6) is 11.5 Å². The summed E-state index contributed by atoms with van der Waals surface area (Å²) in [6.45, 7) is -1.68. The van der Waals surface area contributed by atoms with Crippen molar-refractivity contribution in [3.63, 3.8) is 0 Å². The van der Waals surface area contributed by atoms with Crippen LogP contribution in [0, 0.1) is 0 Å². The number of alkyl halides is 3. The molecule has 44 heavy (non-hydrogen) atoms. The molecule has 1 saturated carbocycles. The number of hydrogen-bond acceptors (Lipinski definition) is 12. The van der Waals surface area contributed by atoms with Gasteiger partial charge in [-0.15, -0.1) is 20.4 Å². The number of ether oxygens (including phenoxy) is 2. The maximum absolute atomic E-state index is 13.0. The molecule has 1 aliphatic carbocycles. The molecule has 2 amide bonds. The monoisotopic (exact) mass is 648 g/mol. The van der Waals surface area contributed by atoms with Gasteiger partial charge in [-0.3, -0.25) is 19.6 Å². The van der Waals surface area contributed by atoms with Crippen LogP contribution in [0.1, 0.15) is 65.8 Å². The van der Waals surface area contributed by atoms with Gasteiger partial charge in [0.25, 0.3) is 0 Å². The average Bonchev–Trinajstić information content (AvgIpc) is 3.65. The third-order valence-corrected chi connectivity index (χ3v) is 8.55. The third-order valence-electron chi connectivity index (χ3n) is 6.55. The van der Waals surface area contributed by atoms with Crippen molar-refractivity contribution >= 4 is 44.8 Å². The number of amides is 2. The predicted molar refractivity (Wildman–Crippen MR) is 155 cm³/mol. The lowest BCUT2D eigenvalue weighted by Gasteiger charge is -2.25. The van der Waals surface area contributed by atoms with Crippen LogP contribution in [0.3, 0.4) is 0 Å². The molecule has 0 aromatic carbocycles. The van der Waals surface area contributed by atoms with E-state index in [2.05, 4.69) is 45.7 Å². The van der Waals surface area contributed by atoms with Crippen molar-refractivity contribution in [2.45, 2.75) is 70.3 Å². The fourth-order valence-electron chi connectivity index (χ4n) is 4.66. The average molecular weight is 649 g/mol. The number of halogens is 3. The lowest BCUT2D eigenvalue weighted by Crippen LogP contribution is -2.15. The maximum Gasteiger partial charge on any atom is 0.387 e. The van der Waals surface area contributed by atoms with Gasteiger partial charge in [0.1, 0.15) is 21.5 Å². The Hall–Kier alpha value is -4.25. The summed E-state index contributed by atoms with van der Waals surface area (Å²) < 4.78 is 46.7. The first-order chi connectivity index (χ1) is 21.2. The van der Waals surface area contributed by atoms with Gasteiger partial charge in [0.2, 0.25) is 28.4 Å². The van der Waals surface area contributed by atoms with E-state index in [0.29, 0.717) is 21.7 Å². The molecule has 0 radical (unpaired) electrons. The van der Waals surface area contributed by atoms with Crippen LogP contribution in [0.15, 0.2) is 36.7 Å². The first-order valence-corrected chi connectivity index (χ1v) is 15.3. The van der Waals surface area contributed by atoms with Crippen molar-refractivity contribution in [1.29, 1.82) is 0 Å². The van der Waals surface area contributed by atoms with Gasteiger partial charge in [0.05, 0.1) is 25.2 Å². The van der Waals surface area contributed by atoms with Crippen molar-refractivity contribution in [2.75, 3.05) is 10.6 Å². The van der Waals surface area contributed by atoms with Gasteiger partial charge < -0.3 is 20.1 Å². The van der Waals surface area contributed by atoms with E-state index in [9.17, 15) is 22.8 Å². The molecule has 5 rings (SSSR count). The number of pyridine rings is 2. The van der Waals surface area contributed by atoms with Crippen LogP contribution in [-0.4, -0.2) is 55.1 Å². The van der Waals surface area contributed by atoms with E-state index in [0.717, 1.165) is 41.9 Å². The highest BCUT2D eigenvalue weighted by Gasteiger charge is 2.29. The molecule has 17 heteroatoms. The summed E-state index contributed by atoms with van der Waals surface area (Å²) in [6.07, 6.45) is 4.56. The molecular formula is C27H27F3N8O4S2. The fraction of sp³-hybridized carbons (Fsp3) is 0.407. The Kier molecular flexibility index (Phi) is 10.3. The molecule has 4 aromatic rings. The Morgan fingerprint density at radius 3 is 1.75 bits per heavy atom. The second-order valence-corrected chi connectivity index (χ2v) is 11.9. The van der Waals surface area contributed by atoms with Crippen LogP contribution in [0.4, 0.5) is 23.4 Å². The third kappa shape index (κ3) is 8.89. The summed E-state index contributed by atoms with van der Waals surface area (Å²) in [6, 6.07) is 5.92. The Morgan fingerprint density at radius 1 is 0.818 bits per heavy atom. The SMILES string of the molecule is CC(F)Oc1ccc(CC(=O)Nc2nnc([C@H]3CCC[C@H](c4nnc(NC(=O)Cc5ccc(OC(F)F)cn5)s4)C3)s2)nc1. The normalized spacial score (nSPS) is 17.2. The van der Waals surface area contributed by atoms with E-state index in [1.165, 1.54) is 47.9 Å². The summed E-state index contributed by atoms with van der Waals surface area (Å²) >= 11 is 2.63. The molecule has 1 unspecified atom stereocenters. The zero-order chi connectivity index (χ0) is 31.1. The van der Waals surface area contributed by atoms with Gasteiger partial charge in [-0.2, -0.15) is 8.78 Å². The van der Waals surface area contributed by atoms with E-state index in [1.807, 2.05) is 0 Å². The van der Waals surface area contributed by atoms with E-state index in [-0.39, 0.29) is 48.0 Å². The van der Waals surface area contributed by atoms with Crippen LogP contribution in [-0.2, 0) is 22.4 Å². The maximum atomic E-state index is 13.0. The van der Waals surface area contributed by atoms with Gasteiger partial charge in [-0.25, -0.2) is 4.39 Å². The predicted octanol–water partition coefficient (Wildman–Crippen LogP) is 5.28. The highest BCUT2D eigenvalue weighted by molar-refractivity contribution is 7.15. The van der Waals surface area contributed by atoms with E-state index in [4.69, 9.17) is 4.74 Å². The lowest BCUT2D eigenvalue weighted by molar-refractivity contribution is -0.116. The summed E-state index contributed by atoms with van der Waals surface area (Å²) in [5.41, 5.74) is 0.892. The Morgan fingerprint density at radius 2 is 1.32 bits per heavy atom. The van der Waals surface area contributed by atoms with E-state index < -0.39 is 13.0 Å². The molecule has 0 aliphatic heterocycles. The second kappa shape index (κ2) is 14.5. The first-order valence-electron chi connectivity index (χ1n) is 13.6. The zero-order valence-corrected chi connectivity index (χ0v) is 24.9. The summed E-state index contributed by atoms with van der Waals surface area (Å²) in [7, 11) is 0. The highest BCUT2D eigenvalue weighted by Crippen LogP contribution is 2.43. The smallest absolute Gasteiger partial charge is 0.387 e. The summed E-state index contributed by atoms with van der Waals surface area (Å²) in [5.74, 6) is -0.208. The summed E-state index contributed by atoms with van der Waals surface area (Å²) in [4.78, 5) is 33.1. The zero-order valence-electron chi connectivity index (χ0n) is 23.3. The number of aromatic nitrogens is 6. The Labute approximate surface area is 257 Å². The number of nitrogens with one attached hydrogen (secondary N) is 2. The van der Waals surface area contributed by atoms with Crippen LogP contribution >= 0.6 is 22.7 Å². The van der Waals surface area contributed by atoms with Crippen molar-refractivity contribution in [1.82, 2.24) is 30.4 Å². The van der Waals surface area contributed by atoms with Crippen molar-refractivity contribution < 1.29 is 32.2 Å². The number of hydrogen-bond donors (Lipinski definition) is 2. The summed E-state index contributed by atoms with van der Waals surface area (Å²) in [5, 5.41) is 24.7. The van der Waals surface area contributed by atoms with Crippen molar-refractivity contribution in [2.24, 2.45) is 0 Å². The standard InChI is InChI=1S/C27H27F3N8O4S2/c1-14(28)41-19-7-5-17(31-12-19)10-21(39)33-26-37-35-23(43-26)15-3-2-4-16(9-15)24-36-38-27(44-24)34-22(40)11-18-6-8-20(13-32-18)42-25(29)30/h5-8,12-16,25H,2-4,9-11H2,1H3,(H,33,37,39)(H,34,38,40)/t14?,15-,16-/m0/s1. The van der Waals surface area contributed by atoms with E-state index in [1.54, 1.807) is 12.1 Å². The fourth-order valence-corrected chi connectivity index (χ4v) is 6.47. The number of anilines is 2. The Bertz CT molecular complexity index is 1440.